The van der Waals surface area contributed by atoms with Crippen LogP contribution in [0.25, 0.3) is 0 Å². The van der Waals surface area contributed by atoms with Gasteiger partial charge in [-0.2, -0.15) is 0 Å². The van der Waals surface area contributed by atoms with E-state index in [0.717, 1.165) is 6.42 Å². The fraction of sp³-hybridized carbons (Fsp3) is 0.500. The average Bonchev–Trinajstić information content (AvgIpc) is 3.04. The van der Waals surface area contributed by atoms with Crippen LogP contribution < -0.4 is 11.1 Å². The number of ether oxygens (including phenoxy) is 2. The summed E-state index contributed by atoms with van der Waals surface area (Å²) in [5, 5.41) is 2.78. The van der Waals surface area contributed by atoms with E-state index >= 15 is 0 Å². The van der Waals surface area contributed by atoms with Crippen molar-refractivity contribution in [2.24, 2.45) is 5.73 Å². The van der Waals surface area contributed by atoms with E-state index in [0.29, 0.717) is 18.5 Å². The molecule has 1 amide bonds. The van der Waals surface area contributed by atoms with Gasteiger partial charge in [-0.15, -0.1) is 0 Å². The van der Waals surface area contributed by atoms with E-state index in [2.05, 4.69) is 10.1 Å². The largest absolute Gasteiger partial charge is 0.469 e. The molecule has 1 aliphatic rings. The molecule has 126 valence electrons. The highest BCUT2D eigenvalue weighted by Crippen LogP contribution is 2.22. The Balaban J connectivity index is 2.06. The minimum absolute atomic E-state index is 0.0408. The maximum atomic E-state index is 13.1. The monoisotopic (exact) mass is 324 g/mol. The number of halogens is 1. The van der Waals surface area contributed by atoms with Gasteiger partial charge in [0, 0.05) is 6.54 Å². The Hall–Kier alpha value is -1.99. The zero-order valence-electron chi connectivity index (χ0n) is 13.0. The second-order valence-corrected chi connectivity index (χ2v) is 5.45. The Labute approximate surface area is 134 Å². The summed E-state index contributed by atoms with van der Waals surface area (Å²) < 4.78 is 23.3. The van der Waals surface area contributed by atoms with Crippen LogP contribution in [0.3, 0.4) is 0 Å². The number of benzene rings is 1. The van der Waals surface area contributed by atoms with Crippen LogP contribution in [-0.4, -0.2) is 37.7 Å². The van der Waals surface area contributed by atoms with E-state index < -0.39 is 18.1 Å². The first-order valence-corrected chi connectivity index (χ1v) is 7.51. The number of hydrogen-bond acceptors (Lipinski definition) is 5. The highest BCUT2D eigenvalue weighted by Gasteiger charge is 2.31. The van der Waals surface area contributed by atoms with Crippen LogP contribution in [0.1, 0.15) is 30.9 Å². The average molecular weight is 324 g/mol. The molecular formula is C16H21FN2O4. The van der Waals surface area contributed by atoms with Gasteiger partial charge in [-0.25, -0.2) is 4.39 Å². The summed E-state index contributed by atoms with van der Waals surface area (Å²) in [5.74, 6) is -1.16. The Bertz CT molecular complexity index is 550. The van der Waals surface area contributed by atoms with Crippen LogP contribution in [0.5, 0.6) is 0 Å². The first-order valence-electron chi connectivity index (χ1n) is 7.51. The third-order valence-electron chi connectivity index (χ3n) is 3.85. The molecule has 1 fully saturated rings. The Morgan fingerprint density at radius 1 is 1.39 bits per heavy atom. The van der Waals surface area contributed by atoms with E-state index in [-0.39, 0.29) is 24.2 Å². The molecule has 7 heteroatoms. The molecule has 0 aromatic heterocycles. The minimum atomic E-state index is -0.601. The second kappa shape index (κ2) is 8.03. The summed E-state index contributed by atoms with van der Waals surface area (Å²) in [4.78, 5) is 23.9. The van der Waals surface area contributed by atoms with Gasteiger partial charge in [-0.1, -0.05) is 12.1 Å². The topological polar surface area (TPSA) is 90.7 Å². The number of methoxy groups -OCH3 is 1. The summed E-state index contributed by atoms with van der Waals surface area (Å²) in [6, 6.07) is 5.02. The van der Waals surface area contributed by atoms with Crippen molar-refractivity contribution in [2.45, 2.75) is 37.5 Å². The Morgan fingerprint density at radius 3 is 2.65 bits per heavy atom. The van der Waals surface area contributed by atoms with E-state index in [1.54, 1.807) is 0 Å². The number of carbonyl (C=O) groups is 2. The van der Waals surface area contributed by atoms with E-state index in [4.69, 9.17) is 10.5 Å². The van der Waals surface area contributed by atoms with Crippen molar-refractivity contribution in [3.63, 3.8) is 0 Å². The fourth-order valence-corrected chi connectivity index (χ4v) is 2.53. The summed E-state index contributed by atoms with van der Waals surface area (Å²) in [7, 11) is 1.28. The third kappa shape index (κ3) is 4.74. The number of hydrogen-bond donors (Lipinski definition) is 2. The van der Waals surface area contributed by atoms with Crippen molar-refractivity contribution in [1.82, 2.24) is 5.32 Å². The van der Waals surface area contributed by atoms with Crippen LogP contribution in [0.15, 0.2) is 24.3 Å². The predicted molar refractivity (Wildman–Crippen MR) is 80.9 cm³/mol. The molecule has 0 spiro atoms. The van der Waals surface area contributed by atoms with Gasteiger partial charge in [0.1, 0.15) is 11.9 Å². The normalized spacial score (nSPS) is 21.7. The highest BCUT2D eigenvalue weighted by atomic mass is 19.1. The molecule has 23 heavy (non-hydrogen) atoms. The van der Waals surface area contributed by atoms with Gasteiger partial charge in [0.05, 0.1) is 25.7 Å². The molecule has 0 aliphatic carbocycles. The highest BCUT2D eigenvalue weighted by molar-refractivity contribution is 5.82. The van der Waals surface area contributed by atoms with Crippen molar-refractivity contribution in [3.05, 3.63) is 35.6 Å². The molecule has 2 rings (SSSR count). The Kier molecular flexibility index (Phi) is 6.06. The number of rotatable bonds is 6. The van der Waals surface area contributed by atoms with Crippen molar-refractivity contribution >= 4 is 11.9 Å². The Morgan fingerprint density at radius 2 is 2.09 bits per heavy atom. The minimum Gasteiger partial charge on any atom is -0.469 e. The molecule has 6 nitrogen and oxygen atoms in total. The number of nitrogens with two attached hydrogens (primary N) is 1. The molecule has 3 N–H and O–H groups in total. The molecule has 1 aromatic carbocycles. The van der Waals surface area contributed by atoms with Crippen LogP contribution in [0.4, 0.5) is 4.39 Å². The lowest BCUT2D eigenvalue weighted by atomic mass is 10.0. The number of nitrogens with one attached hydrogen (secondary N) is 1. The van der Waals surface area contributed by atoms with Gasteiger partial charge in [-0.3, -0.25) is 9.59 Å². The van der Waals surface area contributed by atoms with E-state index in [9.17, 15) is 14.0 Å². The molecule has 1 unspecified atom stereocenters. The molecule has 1 aliphatic heterocycles. The smallest absolute Gasteiger partial charge is 0.307 e. The first-order chi connectivity index (χ1) is 11.0. The quantitative estimate of drug-likeness (QED) is 0.763. The number of amides is 1. The van der Waals surface area contributed by atoms with E-state index in [1.165, 1.54) is 31.4 Å². The van der Waals surface area contributed by atoms with Crippen molar-refractivity contribution < 1.29 is 23.5 Å². The van der Waals surface area contributed by atoms with Crippen LogP contribution in [0, 0.1) is 5.82 Å². The molecule has 1 aromatic rings. The lowest BCUT2D eigenvalue weighted by molar-refractivity contribution is -0.141. The fourth-order valence-electron chi connectivity index (χ4n) is 2.53. The maximum Gasteiger partial charge on any atom is 0.307 e. The van der Waals surface area contributed by atoms with Gasteiger partial charge < -0.3 is 20.5 Å². The second-order valence-electron chi connectivity index (χ2n) is 5.45. The zero-order valence-corrected chi connectivity index (χ0v) is 13.0. The van der Waals surface area contributed by atoms with Crippen molar-refractivity contribution in [1.29, 1.82) is 0 Å². The van der Waals surface area contributed by atoms with Crippen LogP contribution >= 0.6 is 0 Å². The first kappa shape index (κ1) is 17.4. The predicted octanol–water partition coefficient (Wildman–Crippen LogP) is 1.05. The van der Waals surface area contributed by atoms with Gasteiger partial charge >= 0.3 is 5.97 Å². The number of esters is 1. The molecule has 1 saturated heterocycles. The molecular weight excluding hydrogens is 303 g/mol. The van der Waals surface area contributed by atoms with Gasteiger partial charge in [0.15, 0.2) is 0 Å². The van der Waals surface area contributed by atoms with E-state index in [1.807, 2.05) is 0 Å². The maximum absolute atomic E-state index is 13.1. The molecule has 0 saturated carbocycles. The van der Waals surface area contributed by atoms with Crippen LogP contribution in [-0.2, 0) is 19.1 Å². The summed E-state index contributed by atoms with van der Waals surface area (Å²) in [6.07, 6.45) is 0.579. The van der Waals surface area contributed by atoms with Gasteiger partial charge in [-0.05, 0) is 30.5 Å². The third-order valence-corrected chi connectivity index (χ3v) is 3.85. The summed E-state index contributed by atoms with van der Waals surface area (Å²) in [5.41, 5.74) is 6.16. The molecule has 0 bridgehead atoms. The van der Waals surface area contributed by atoms with Crippen molar-refractivity contribution in [2.75, 3.05) is 13.7 Å². The molecule has 1 heterocycles. The molecule has 3 atom stereocenters. The van der Waals surface area contributed by atoms with Crippen LogP contribution in [0.2, 0.25) is 0 Å². The lowest BCUT2D eigenvalue weighted by Crippen LogP contribution is -2.38. The summed E-state index contributed by atoms with van der Waals surface area (Å²) in [6.45, 7) is 0.368. The lowest BCUT2D eigenvalue weighted by Gasteiger charge is -2.20. The van der Waals surface area contributed by atoms with Crippen molar-refractivity contribution in [3.8, 4) is 0 Å². The SMILES string of the molecule is COC(=O)CC(NC(=O)[C@@H]1CC[C@H](CN)O1)c1ccc(F)cc1. The zero-order chi connectivity index (χ0) is 16.8. The molecule has 0 radical (unpaired) electrons. The standard InChI is InChI=1S/C16H21FN2O4/c1-22-15(20)8-13(10-2-4-11(17)5-3-10)19-16(21)14-7-6-12(9-18)23-14/h2-5,12-14H,6-9,18H2,1H3,(H,19,21)/t12-,13?,14+/m1/s1. The van der Waals surface area contributed by atoms with Gasteiger partial charge in [0.2, 0.25) is 5.91 Å². The summed E-state index contributed by atoms with van der Waals surface area (Å²) >= 11 is 0. The number of carbonyl (C=O) groups excluding carboxylic acids is 2. The van der Waals surface area contributed by atoms with Gasteiger partial charge in [0.25, 0.3) is 0 Å².